The second-order valence-electron chi connectivity index (χ2n) is 2.29. The lowest BCUT2D eigenvalue weighted by Crippen LogP contribution is -2.06. The summed E-state index contributed by atoms with van der Waals surface area (Å²) in [6.45, 7) is 0. The average molecular weight is 278 g/mol. The van der Waals surface area contributed by atoms with Crippen molar-refractivity contribution in [1.29, 1.82) is 0 Å². The Morgan fingerprint density at radius 3 is 2.50 bits per heavy atom. The summed E-state index contributed by atoms with van der Waals surface area (Å²) in [7, 11) is 0. The van der Waals surface area contributed by atoms with Crippen LogP contribution in [-0.2, 0) is 0 Å². The normalized spacial score (nSPS) is 13.0. The third-order valence-electron chi connectivity index (χ3n) is 1.27. The number of nitro groups is 1. The number of azo groups is 1. The number of hydrogen-bond acceptors (Lipinski definition) is 4. The smallest absolute Gasteiger partial charge is 0.261 e. The minimum Gasteiger partial charge on any atom is -0.261 e. The third-order valence-corrected chi connectivity index (χ3v) is 2.04. The summed E-state index contributed by atoms with van der Waals surface area (Å²) < 4.78 is 0. The van der Waals surface area contributed by atoms with Gasteiger partial charge in [-0.1, -0.05) is 16.7 Å². The lowest BCUT2D eigenvalue weighted by atomic mass is 10.3. The van der Waals surface area contributed by atoms with E-state index in [0.29, 0.717) is 10.7 Å². The van der Waals surface area contributed by atoms with Crippen molar-refractivity contribution in [3.8, 4) is 0 Å². The van der Waals surface area contributed by atoms with Gasteiger partial charge in [-0.2, -0.15) is 0 Å². The molecule has 74 valence electrons. The topological polar surface area (TPSA) is 67.9 Å². The van der Waals surface area contributed by atoms with E-state index in [2.05, 4.69) is 26.2 Å². The fourth-order valence-corrected chi connectivity index (χ4v) is 0.882. The van der Waals surface area contributed by atoms with E-state index < -0.39 is 10.00 Å². The van der Waals surface area contributed by atoms with Gasteiger partial charge in [0.2, 0.25) is 0 Å². The number of benzene rings is 1. The molecule has 0 saturated heterocycles. The molecule has 0 aliphatic carbocycles. The highest BCUT2D eigenvalue weighted by atomic mass is 79.9. The molecule has 1 atom stereocenters. The predicted octanol–water partition coefficient (Wildman–Crippen LogP) is 3.38. The highest BCUT2D eigenvalue weighted by Gasteiger charge is 2.11. The maximum atomic E-state index is 10.2. The van der Waals surface area contributed by atoms with Crippen LogP contribution in [0.15, 0.2) is 34.5 Å². The van der Waals surface area contributed by atoms with Crippen molar-refractivity contribution in [2.75, 3.05) is 0 Å². The molecule has 1 unspecified atom stereocenters. The monoisotopic (exact) mass is 277 g/mol. The Balaban J connectivity index is 2.69. The zero-order valence-corrected chi connectivity index (χ0v) is 9.14. The minimum absolute atomic E-state index is 0.515. The molecule has 0 heterocycles. The van der Waals surface area contributed by atoms with Crippen molar-refractivity contribution in [3.05, 3.63) is 39.4 Å². The molecular formula is C7H5BrClN3O2. The zero-order valence-electron chi connectivity index (χ0n) is 6.80. The summed E-state index contributed by atoms with van der Waals surface area (Å²) in [5.74, 6) is 0. The van der Waals surface area contributed by atoms with Crippen LogP contribution in [0.4, 0.5) is 5.69 Å². The summed E-state index contributed by atoms with van der Waals surface area (Å²) in [4.78, 5) is 9.56. The van der Waals surface area contributed by atoms with Gasteiger partial charge in [0.1, 0.15) is 0 Å². The Hall–Kier alpha value is -1.01. The molecule has 1 aromatic rings. The summed E-state index contributed by atoms with van der Waals surface area (Å²) in [6.07, 6.45) is 0. The largest absolute Gasteiger partial charge is 0.374 e. The summed E-state index contributed by atoms with van der Waals surface area (Å²) in [5.41, 5.74) is 0.515. The molecule has 0 aromatic heterocycles. The van der Waals surface area contributed by atoms with E-state index in [1.807, 2.05) is 0 Å². The molecule has 0 saturated carbocycles. The lowest BCUT2D eigenvalue weighted by Gasteiger charge is -1.93. The molecule has 0 aliphatic heterocycles. The first-order valence-electron chi connectivity index (χ1n) is 3.53. The van der Waals surface area contributed by atoms with Crippen LogP contribution in [0, 0.1) is 10.1 Å². The molecular weight excluding hydrogens is 273 g/mol. The van der Waals surface area contributed by atoms with Gasteiger partial charge in [0.25, 0.3) is 0 Å². The van der Waals surface area contributed by atoms with E-state index in [0.717, 1.165) is 0 Å². The quantitative estimate of drug-likeness (QED) is 0.280. The van der Waals surface area contributed by atoms with Gasteiger partial charge in [-0.3, -0.25) is 10.1 Å². The molecule has 0 fully saturated rings. The SMILES string of the molecule is O=[N+]([O-])C(Br)N=Nc1ccc(Cl)cc1. The van der Waals surface area contributed by atoms with Crippen LogP contribution >= 0.6 is 27.5 Å². The third kappa shape index (κ3) is 3.39. The van der Waals surface area contributed by atoms with Crippen LogP contribution < -0.4 is 0 Å². The van der Waals surface area contributed by atoms with Crippen LogP contribution in [0.2, 0.25) is 5.02 Å². The van der Waals surface area contributed by atoms with Gasteiger partial charge in [-0.05, 0) is 24.3 Å². The summed E-state index contributed by atoms with van der Waals surface area (Å²) in [6, 6.07) is 6.49. The van der Waals surface area contributed by atoms with Crippen LogP contribution in [0.25, 0.3) is 0 Å². The van der Waals surface area contributed by atoms with Crippen LogP contribution in [0.1, 0.15) is 0 Å². The fraction of sp³-hybridized carbons (Fsp3) is 0.143. The Bertz CT molecular complexity index is 354. The summed E-state index contributed by atoms with van der Waals surface area (Å²) in [5, 5.41) is 16.6. The summed E-state index contributed by atoms with van der Waals surface area (Å²) >= 11 is 8.36. The molecule has 5 nitrogen and oxygen atoms in total. The van der Waals surface area contributed by atoms with E-state index in [-0.39, 0.29) is 0 Å². The van der Waals surface area contributed by atoms with Gasteiger partial charge >= 0.3 is 5.08 Å². The van der Waals surface area contributed by atoms with Crippen molar-refractivity contribution >= 4 is 33.2 Å². The maximum Gasteiger partial charge on any atom is 0.374 e. The van der Waals surface area contributed by atoms with Crippen LogP contribution in [0.5, 0.6) is 0 Å². The molecule has 0 bridgehead atoms. The van der Waals surface area contributed by atoms with E-state index in [1.54, 1.807) is 24.3 Å². The van der Waals surface area contributed by atoms with Gasteiger partial charge in [-0.25, -0.2) is 0 Å². The van der Waals surface area contributed by atoms with Gasteiger partial charge in [0, 0.05) is 21.0 Å². The first-order valence-corrected chi connectivity index (χ1v) is 4.83. The second kappa shape index (κ2) is 5.02. The second-order valence-corrected chi connectivity index (χ2v) is 3.54. The number of nitrogens with zero attached hydrogens (tertiary/aromatic N) is 3. The Morgan fingerprint density at radius 1 is 1.43 bits per heavy atom. The van der Waals surface area contributed by atoms with Crippen LogP contribution in [-0.4, -0.2) is 10.00 Å². The molecule has 0 amide bonds. The van der Waals surface area contributed by atoms with E-state index in [4.69, 9.17) is 11.6 Å². The molecule has 0 spiro atoms. The molecule has 14 heavy (non-hydrogen) atoms. The molecule has 1 aromatic carbocycles. The number of rotatable bonds is 3. The van der Waals surface area contributed by atoms with Gasteiger partial charge in [0.05, 0.1) is 10.6 Å². The number of halogens is 2. The van der Waals surface area contributed by atoms with Crippen molar-refractivity contribution < 1.29 is 4.92 Å². The molecule has 0 radical (unpaired) electrons. The maximum absolute atomic E-state index is 10.2. The molecule has 7 heteroatoms. The average Bonchev–Trinajstić information content (AvgIpc) is 2.16. The number of alkyl halides is 1. The van der Waals surface area contributed by atoms with E-state index in [1.165, 1.54) is 0 Å². The molecule has 1 rings (SSSR count). The Morgan fingerprint density at radius 2 is 2.00 bits per heavy atom. The van der Waals surface area contributed by atoms with Gasteiger partial charge < -0.3 is 0 Å². The Labute approximate surface area is 93.1 Å². The predicted molar refractivity (Wildman–Crippen MR) is 55.7 cm³/mol. The Kier molecular flexibility index (Phi) is 3.97. The fourth-order valence-electron chi connectivity index (χ4n) is 0.664. The van der Waals surface area contributed by atoms with E-state index in [9.17, 15) is 10.1 Å². The van der Waals surface area contributed by atoms with Crippen molar-refractivity contribution in [3.63, 3.8) is 0 Å². The highest BCUT2D eigenvalue weighted by molar-refractivity contribution is 9.09. The van der Waals surface area contributed by atoms with Gasteiger partial charge in [0.15, 0.2) is 0 Å². The standard InChI is InChI=1S/C7H5BrClN3O2/c8-7(12(13)14)11-10-6-3-1-5(9)2-4-6/h1-4,7H. The van der Waals surface area contributed by atoms with Crippen LogP contribution in [0.3, 0.4) is 0 Å². The first kappa shape index (κ1) is 11.1. The molecule has 0 N–H and O–H groups in total. The van der Waals surface area contributed by atoms with E-state index >= 15 is 0 Å². The first-order chi connectivity index (χ1) is 6.59. The minimum atomic E-state index is -1.21. The zero-order chi connectivity index (χ0) is 10.6. The van der Waals surface area contributed by atoms with Crippen molar-refractivity contribution in [2.45, 2.75) is 5.08 Å². The molecule has 0 aliphatic rings. The van der Waals surface area contributed by atoms with Crippen molar-refractivity contribution in [2.24, 2.45) is 10.2 Å². The lowest BCUT2D eigenvalue weighted by molar-refractivity contribution is -0.491. The van der Waals surface area contributed by atoms with Gasteiger partial charge in [-0.15, -0.1) is 5.11 Å². The van der Waals surface area contributed by atoms with Crippen molar-refractivity contribution in [1.82, 2.24) is 0 Å². The number of hydrogen-bond donors (Lipinski definition) is 0. The highest BCUT2D eigenvalue weighted by Crippen LogP contribution is 2.17.